The molecule has 0 amide bonds. The molecule has 0 atom stereocenters. The van der Waals surface area contributed by atoms with Crippen molar-refractivity contribution in [3.8, 4) is 10.8 Å². The minimum absolute atomic E-state index is 0.0886. The van der Waals surface area contributed by atoms with E-state index in [-0.39, 0.29) is 10.0 Å². The van der Waals surface area contributed by atoms with E-state index in [0.717, 1.165) is 11.3 Å². The van der Waals surface area contributed by atoms with Crippen LogP contribution in [0.25, 0.3) is 21.7 Å². The van der Waals surface area contributed by atoms with Gasteiger partial charge in [0.2, 0.25) is 5.13 Å². The molecule has 7 nitrogen and oxygen atoms in total. The summed E-state index contributed by atoms with van der Waals surface area (Å²) >= 11 is 1.03. The van der Waals surface area contributed by atoms with Crippen molar-refractivity contribution in [1.29, 1.82) is 0 Å². The maximum Gasteiger partial charge on any atom is 0.265 e. The molecule has 1 aromatic carbocycles. The number of nitrogens with one attached hydrogen (secondary N) is 1. The second kappa shape index (κ2) is 5.90. The van der Waals surface area contributed by atoms with Crippen molar-refractivity contribution in [2.75, 3.05) is 4.72 Å². The highest BCUT2D eigenvalue weighted by molar-refractivity contribution is 7.93. The third-order valence-electron chi connectivity index (χ3n) is 3.31. The molecule has 3 aromatic heterocycles. The average molecular weight is 376 g/mol. The van der Waals surface area contributed by atoms with Gasteiger partial charge in [0, 0.05) is 11.6 Å². The summed E-state index contributed by atoms with van der Waals surface area (Å²) in [4.78, 5) is 3.95. The summed E-state index contributed by atoms with van der Waals surface area (Å²) in [5, 5.41) is 8.60. The molecule has 25 heavy (non-hydrogen) atoms. The van der Waals surface area contributed by atoms with Gasteiger partial charge in [0.1, 0.15) is 10.7 Å². The zero-order chi connectivity index (χ0) is 17.4. The maximum atomic E-state index is 13.3. The maximum absolute atomic E-state index is 13.3. The molecular weight excluding hydrogens is 367 g/mol. The largest absolute Gasteiger partial charge is 0.462 e. The second-order valence-corrected chi connectivity index (χ2v) is 7.66. The molecular formula is C15H9FN4O3S2. The summed E-state index contributed by atoms with van der Waals surface area (Å²) in [6.07, 6.45) is 2.69. The third kappa shape index (κ3) is 3.08. The van der Waals surface area contributed by atoms with Crippen LogP contribution in [0, 0.1) is 5.82 Å². The number of aromatic nitrogens is 3. The van der Waals surface area contributed by atoms with Gasteiger partial charge in [-0.15, -0.1) is 10.2 Å². The topological polar surface area (TPSA) is 98.0 Å². The average Bonchev–Trinajstić information content (AvgIpc) is 3.25. The number of halogens is 1. The van der Waals surface area contributed by atoms with Crippen LogP contribution in [0.5, 0.6) is 0 Å². The quantitative estimate of drug-likeness (QED) is 0.587. The molecule has 0 saturated heterocycles. The number of nitrogens with zero attached hydrogens (tertiary/aromatic N) is 3. The highest BCUT2D eigenvalue weighted by Gasteiger charge is 2.19. The van der Waals surface area contributed by atoms with Crippen molar-refractivity contribution in [2.45, 2.75) is 4.90 Å². The second-order valence-electron chi connectivity index (χ2n) is 5.00. The van der Waals surface area contributed by atoms with Crippen molar-refractivity contribution in [1.82, 2.24) is 15.2 Å². The van der Waals surface area contributed by atoms with E-state index in [9.17, 15) is 12.8 Å². The summed E-state index contributed by atoms with van der Waals surface area (Å²) < 4.78 is 45.9. The number of rotatable bonds is 4. The predicted molar refractivity (Wildman–Crippen MR) is 90.1 cm³/mol. The number of benzene rings is 1. The van der Waals surface area contributed by atoms with Crippen LogP contribution in [0.2, 0.25) is 0 Å². The van der Waals surface area contributed by atoms with Crippen LogP contribution in [0.4, 0.5) is 9.52 Å². The van der Waals surface area contributed by atoms with Gasteiger partial charge in [-0.05, 0) is 36.4 Å². The summed E-state index contributed by atoms with van der Waals surface area (Å²) in [6.45, 7) is 0. The fraction of sp³-hybridized carbons (Fsp3) is 0. The lowest BCUT2D eigenvalue weighted by atomic mass is 10.2. The van der Waals surface area contributed by atoms with E-state index in [1.165, 1.54) is 36.7 Å². The van der Waals surface area contributed by atoms with Crippen LogP contribution in [0.3, 0.4) is 0 Å². The number of hydrogen-bond donors (Lipinski definition) is 1. The molecule has 0 saturated carbocycles. The van der Waals surface area contributed by atoms with Gasteiger partial charge in [0.15, 0.2) is 10.8 Å². The number of sulfonamides is 1. The molecule has 0 aliphatic rings. The lowest BCUT2D eigenvalue weighted by molar-refractivity contribution is 0.581. The predicted octanol–water partition coefficient (Wildman–Crippen LogP) is 3.29. The van der Waals surface area contributed by atoms with E-state index in [0.29, 0.717) is 21.7 Å². The van der Waals surface area contributed by atoms with E-state index >= 15 is 0 Å². The van der Waals surface area contributed by atoms with Gasteiger partial charge in [-0.25, -0.2) is 12.8 Å². The Balaban J connectivity index is 1.65. The molecule has 0 unspecified atom stereocenters. The van der Waals surface area contributed by atoms with E-state index in [4.69, 9.17) is 4.42 Å². The summed E-state index contributed by atoms with van der Waals surface area (Å²) in [6, 6.07) is 8.71. The van der Waals surface area contributed by atoms with Crippen molar-refractivity contribution >= 4 is 37.4 Å². The summed E-state index contributed by atoms with van der Waals surface area (Å²) in [5.74, 6) is 0.0230. The zero-order valence-corrected chi connectivity index (χ0v) is 14.0. The van der Waals surface area contributed by atoms with Crippen LogP contribution in [-0.4, -0.2) is 23.6 Å². The van der Waals surface area contributed by atoms with Crippen LogP contribution >= 0.6 is 11.3 Å². The zero-order valence-electron chi connectivity index (χ0n) is 12.4. The van der Waals surface area contributed by atoms with Crippen LogP contribution in [-0.2, 0) is 10.0 Å². The number of hydrogen-bond acceptors (Lipinski definition) is 7. The number of pyridine rings is 1. The first-order chi connectivity index (χ1) is 12.0. The lowest BCUT2D eigenvalue weighted by Crippen LogP contribution is -2.13. The Bertz CT molecular complexity index is 1160. The van der Waals surface area contributed by atoms with Gasteiger partial charge in [0.05, 0.1) is 11.8 Å². The van der Waals surface area contributed by atoms with E-state index in [1.54, 1.807) is 12.1 Å². The third-order valence-corrected chi connectivity index (χ3v) is 5.60. The van der Waals surface area contributed by atoms with Gasteiger partial charge in [-0.1, -0.05) is 11.3 Å². The standard InChI is InChI=1S/C15H9FN4O3S2/c16-10-3-4-12-9(6-10)7-11(8-17-12)25(21,22)20-15-19-18-14(24-15)13-2-1-5-23-13/h1-8H,(H,19,20). The molecule has 1 N–H and O–H groups in total. The Morgan fingerprint density at radius 1 is 1.16 bits per heavy atom. The number of fused-ring (bicyclic) bond motifs is 1. The van der Waals surface area contributed by atoms with Crippen molar-refractivity contribution in [3.63, 3.8) is 0 Å². The first kappa shape index (κ1) is 15.7. The van der Waals surface area contributed by atoms with Crippen LogP contribution in [0.15, 0.2) is 58.2 Å². The Kier molecular flexibility index (Phi) is 3.70. The van der Waals surface area contributed by atoms with Gasteiger partial charge < -0.3 is 4.42 Å². The Labute approximate surface area is 145 Å². The molecule has 4 aromatic rings. The summed E-state index contributed by atoms with van der Waals surface area (Å²) in [5.41, 5.74) is 0.497. The lowest BCUT2D eigenvalue weighted by Gasteiger charge is -2.05. The van der Waals surface area contributed by atoms with E-state index in [2.05, 4.69) is 19.9 Å². The molecule has 0 bridgehead atoms. The Morgan fingerprint density at radius 2 is 2.04 bits per heavy atom. The minimum Gasteiger partial charge on any atom is -0.462 e. The van der Waals surface area contributed by atoms with Crippen molar-refractivity contribution in [2.24, 2.45) is 0 Å². The van der Waals surface area contributed by atoms with Gasteiger partial charge >= 0.3 is 0 Å². The minimum atomic E-state index is -3.93. The van der Waals surface area contributed by atoms with Crippen LogP contribution < -0.4 is 4.72 Å². The fourth-order valence-corrected chi connectivity index (χ4v) is 4.09. The van der Waals surface area contributed by atoms with Crippen molar-refractivity contribution < 1.29 is 17.2 Å². The van der Waals surface area contributed by atoms with Crippen molar-refractivity contribution in [3.05, 3.63) is 54.7 Å². The Morgan fingerprint density at radius 3 is 2.84 bits per heavy atom. The molecule has 126 valence electrons. The molecule has 0 spiro atoms. The highest BCUT2D eigenvalue weighted by Crippen LogP contribution is 2.28. The highest BCUT2D eigenvalue weighted by atomic mass is 32.2. The molecule has 0 radical (unpaired) electrons. The summed E-state index contributed by atoms with van der Waals surface area (Å²) in [7, 11) is -3.93. The van der Waals surface area contributed by atoms with Gasteiger partial charge in [-0.3, -0.25) is 9.71 Å². The van der Waals surface area contributed by atoms with E-state index in [1.807, 2.05) is 0 Å². The Hall–Kier alpha value is -2.85. The van der Waals surface area contributed by atoms with Gasteiger partial charge in [0.25, 0.3) is 10.0 Å². The fourth-order valence-electron chi connectivity index (χ4n) is 2.17. The molecule has 0 aliphatic carbocycles. The monoisotopic (exact) mass is 376 g/mol. The normalized spacial score (nSPS) is 11.7. The first-order valence-electron chi connectivity index (χ1n) is 6.97. The number of furan rings is 1. The number of anilines is 1. The molecule has 3 heterocycles. The molecule has 0 aliphatic heterocycles. The van der Waals surface area contributed by atoms with Crippen LogP contribution in [0.1, 0.15) is 0 Å². The first-order valence-corrected chi connectivity index (χ1v) is 9.27. The smallest absolute Gasteiger partial charge is 0.265 e. The van der Waals surface area contributed by atoms with Gasteiger partial charge in [-0.2, -0.15) is 0 Å². The van der Waals surface area contributed by atoms with E-state index < -0.39 is 15.8 Å². The molecule has 4 rings (SSSR count). The SMILES string of the molecule is O=S(=O)(Nc1nnc(-c2ccco2)s1)c1cnc2ccc(F)cc2c1. The molecule has 0 fully saturated rings. The molecule has 10 heteroatoms.